The van der Waals surface area contributed by atoms with E-state index < -0.39 is 0 Å². The molecule has 2 nitrogen and oxygen atoms in total. The quantitative estimate of drug-likeness (QED) is 0.869. The third kappa shape index (κ3) is 3.39. The van der Waals surface area contributed by atoms with E-state index in [1.807, 2.05) is 12.1 Å². The van der Waals surface area contributed by atoms with Crippen LogP contribution in [0.5, 0.6) is 5.75 Å². The lowest BCUT2D eigenvalue weighted by Gasteiger charge is -2.32. The molecule has 1 aliphatic carbocycles. The molecule has 18 heavy (non-hydrogen) atoms. The van der Waals surface area contributed by atoms with Gasteiger partial charge in [0.05, 0.1) is 5.02 Å². The molecule has 1 fully saturated rings. The summed E-state index contributed by atoms with van der Waals surface area (Å²) in [5.74, 6) is 1.79. The predicted octanol–water partition coefficient (Wildman–Crippen LogP) is 3.96. The number of hydrogen-bond donors (Lipinski definition) is 2. The van der Waals surface area contributed by atoms with E-state index in [4.69, 9.17) is 11.6 Å². The summed E-state index contributed by atoms with van der Waals surface area (Å²) in [6.07, 6.45) is 3.79. The number of aromatic hydroxyl groups is 1. The van der Waals surface area contributed by atoms with Crippen LogP contribution in [0, 0.1) is 11.8 Å². The lowest BCUT2D eigenvalue weighted by molar-refractivity contribution is 0.237. The van der Waals surface area contributed by atoms with Gasteiger partial charge < -0.3 is 10.4 Å². The maximum absolute atomic E-state index is 9.86. The highest BCUT2D eigenvalue weighted by atomic mass is 35.5. The zero-order chi connectivity index (χ0) is 13.1. The minimum absolute atomic E-state index is 0.212. The van der Waals surface area contributed by atoms with Crippen LogP contribution in [0.2, 0.25) is 5.02 Å². The van der Waals surface area contributed by atoms with E-state index >= 15 is 0 Å². The van der Waals surface area contributed by atoms with Gasteiger partial charge in [-0.15, -0.1) is 0 Å². The molecule has 100 valence electrons. The predicted molar refractivity (Wildman–Crippen MR) is 75.9 cm³/mol. The minimum atomic E-state index is 0.212. The second-order valence-corrected chi connectivity index (χ2v) is 6.15. The Morgan fingerprint density at radius 1 is 1.22 bits per heavy atom. The van der Waals surface area contributed by atoms with Crippen molar-refractivity contribution in [3.8, 4) is 5.75 Å². The maximum Gasteiger partial charge on any atom is 0.138 e. The molecule has 2 atom stereocenters. The monoisotopic (exact) mass is 267 g/mol. The van der Waals surface area contributed by atoms with Gasteiger partial charge in [-0.3, -0.25) is 0 Å². The van der Waals surface area contributed by atoms with Crippen LogP contribution < -0.4 is 5.32 Å². The molecule has 1 aromatic rings. The molecule has 2 N–H and O–H groups in total. The van der Waals surface area contributed by atoms with Crippen molar-refractivity contribution in [2.24, 2.45) is 11.8 Å². The summed E-state index contributed by atoms with van der Waals surface area (Å²) < 4.78 is 0. The lowest BCUT2D eigenvalue weighted by Crippen LogP contribution is -2.35. The summed E-state index contributed by atoms with van der Waals surface area (Å²) in [5, 5.41) is 13.8. The first kappa shape index (κ1) is 13.7. The van der Waals surface area contributed by atoms with Crippen LogP contribution in [0.25, 0.3) is 0 Å². The Balaban J connectivity index is 1.93. The highest BCUT2D eigenvalue weighted by molar-refractivity contribution is 6.32. The number of benzene rings is 1. The molecule has 0 heterocycles. The topological polar surface area (TPSA) is 32.3 Å². The molecule has 1 saturated carbocycles. The van der Waals surface area contributed by atoms with Crippen LogP contribution in [0.3, 0.4) is 0 Å². The fourth-order valence-corrected chi connectivity index (χ4v) is 3.26. The van der Waals surface area contributed by atoms with E-state index in [1.165, 1.54) is 19.3 Å². The number of nitrogens with one attached hydrogen (secondary N) is 1. The lowest BCUT2D eigenvalue weighted by atomic mass is 9.80. The Morgan fingerprint density at radius 2 is 1.89 bits per heavy atom. The zero-order valence-corrected chi connectivity index (χ0v) is 11.9. The fraction of sp³-hybridized carbons (Fsp3) is 0.600. The highest BCUT2D eigenvalue weighted by Gasteiger charge is 2.23. The molecule has 0 amide bonds. The van der Waals surface area contributed by atoms with Crippen molar-refractivity contribution in [3.63, 3.8) is 0 Å². The van der Waals surface area contributed by atoms with Crippen LogP contribution in [0.1, 0.15) is 38.7 Å². The number of phenols is 1. The minimum Gasteiger partial charge on any atom is -0.506 e. The summed E-state index contributed by atoms with van der Waals surface area (Å²) in [6.45, 7) is 5.33. The molecule has 0 saturated heterocycles. The van der Waals surface area contributed by atoms with Gasteiger partial charge in [0.25, 0.3) is 0 Å². The van der Waals surface area contributed by atoms with Crippen LogP contribution in [0.15, 0.2) is 18.2 Å². The van der Waals surface area contributed by atoms with Gasteiger partial charge in [-0.05, 0) is 37.2 Å². The average Bonchev–Trinajstić information content (AvgIpc) is 2.30. The molecule has 1 aliphatic rings. The van der Waals surface area contributed by atoms with Gasteiger partial charge in [0, 0.05) is 18.2 Å². The number of para-hydroxylation sites is 1. The zero-order valence-electron chi connectivity index (χ0n) is 11.1. The number of phenolic OH excluding ortho intramolecular Hbond substituents is 1. The van der Waals surface area contributed by atoms with Crippen molar-refractivity contribution >= 4 is 11.6 Å². The van der Waals surface area contributed by atoms with Gasteiger partial charge in [-0.1, -0.05) is 37.6 Å². The van der Waals surface area contributed by atoms with Crippen LogP contribution >= 0.6 is 11.6 Å². The molecule has 0 radical (unpaired) electrons. The average molecular weight is 268 g/mol. The molecule has 0 aliphatic heterocycles. The Bertz CT molecular complexity index is 397. The molecule has 2 unspecified atom stereocenters. The van der Waals surface area contributed by atoms with Crippen LogP contribution in [-0.2, 0) is 6.54 Å². The smallest absolute Gasteiger partial charge is 0.138 e. The SMILES string of the molecule is CC1CC(C)CC(NCc2cccc(Cl)c2O)C1. The van der Waals surface area contributed by atoms with E-state index in [2.05, 4.69) is 19.2 Å². The number of hydrogen-bond acceptors (Lipinski definition) is 2. The number of rotatable bonds is 3. The van der Waals surface area contributed by atoms with Gasteiger partial charge in [0.2, 0.25) is 0 Å². The second-order valence-electron chi connectivity index (χ2n) is 5.74. The van der Waals surface area contributed by atoms with Crippen LogP contribution in [-0.4, -0.2) is 11.1 Å². The first-order valence-corrected chi connectivity index (χ1v) is 7.13. The van der Waals surface area contributed by atoms with E-state index in [-0.39, 0.29) is 5.75 Å². The third-order valence-corrected chi connectivity index (χ3v) is 4.14. The Kier molecular flexibility index (Phi) is 4.52. The third-order valence-electron chi connectivity index (χ3n) is 3.83. The molecule has 3 heteroatoms. The molecule has 0 bridgehead atoms. The van der Waals surface area contributed by atoms with Crippen LogP contribution in [0.4, 0.5) is 0 Å². The normalized spacial score (nSPS) is 28.3. The second kappa shape index (κ2) is 5.94. The maximum atomic E-state index is 9.86. The van der Waals surface area contributed by atoms with Gasteiger partial charge in [0.15, 0.2) is 0 Å². The van der Waals surface area contributed by atoms with Gasteiger partial charge in [-0.2, -0.15) is 0 Å². The van der Waals surface area contributed by atoms with Crippen molar-refractivity contribution in [1.29, 1.82) is 0 Å². The van der Waals surface area contributed by atoms with E-state index in [0.29, 0.717) is 17.6 Å². The highest BCUT2D eigenvalue weighted by Crippen LogP contribution is 2.30. The molecule has 0 spiro atoms. The summed E-state index contributed by atoms with van der Waals surface area (Å²) >= 11 is 5.90. The summed E-state index contributed by atoms with van der Waals surface area (Å²) in [7, 11) is 0. The molecule has 0 aromatic heterocycles. The van der Waals surface area contributed by atoms with E-state index in [9.17, 15) is 5.11 Å². The van der Waals surface area contributed by atoms with Crippen molar-refractivity contribution in [2.75, 3.05) is 0 Å². The van der Waals surface area contributed by atoms with Gasteiger partial charge in [-0.25, -0.2) is 0 Å². The Morgan fingerprint density at radius 3 is 2.56 bits per heavy atom. The first-order chi connectivity index (χ1) is 8.56. The Hall–Kier alpha value is -0.730. The largest absolute Gasteiger partial charge is 0.506 e. The summed E-state index contributed by atoms with van der Waals surface area (Å²) in [5.41, 5.74) is 0.883. The number of halogens is 1. The van der Waals surface area contributed by atoms with Crippen molar-refractivity contribution in [2.45, 2.75) is 45.7 Å². The summed E-state index contributed by atoms with van der Waals surface area (Å²) in [4.78, 5) is 0. The van der Waals surface area contributed by atoms with Gasteiger partial charge >= 0.3 is 0 Å². The van der Waals surface area contributed by atoms with E-state index in [0.717, 1.165) is 17.4 Å². The molecule has 2 rings (SSSR count). The standard InChI is InChI=1S/C15H22ClNO/c1-10-6-11(2)8-13(7-10)17-9-12-4-3-5-14(16)15(12)18/h3-5,10-11,13,17-18H,6-9H2,1-2H3. The first-order valence-electron chi connectivity index (χ1n) is 6.76. The Labute approximate surface area is 114 Å². The molecular formula is C15H22ClNO. The fourth-order valence-electron chi connectivity index (χ4n) is 3.07. The van der Waals surface area contributed by atoms with Crippen molar-refractivity contribution in [1.82, 2.24) is 5.32 Å². The van der Waals surface area contributed by atoms with E-state index in [1.54, 1.807) is 6.07 Å². The summed E-state index contributed by atoms with van der Waals surface area (Å²) in [6, 6.07) is 6.07. The molecule has 1 aromatic carbocycles. The molecular weight excluding hydrogens is 246 g/mol. The van der Waals surface area contributed by atoms with Crippen molar-refractivity contribution in [3.05, 3.63) is 28.8 Å². The van der Waals surface area contributed by atoms with Gasteiger partial charge in [0.1, 0.15) is 5.75 Å². The van der Waals surface area contributed by atoms with Crippen molar-refractivity contribution < 1.29 is 5.11 Å².